The number of ether oxygens (including phenoxy) is 1. The van der Waals surface area contributed by atoms with E-state index >= 15 is 0 Å². The minimum absolute atomic E-state index is 0.0265. The van der Waals surface area contributed by atoms with Gasteiger partial charge in [0.2, 0.25) is 0 Å². The third kappa shape index (κ3) is 3.35. The fourth-order valence-corrected chi connectivity index (χ4v) is 9.10. The Morgan fingerprint density at radius 2 is 1.81 bits per heavy atom. The fraction of sp³-hybridized carbons (Fsp3) is 0.655. The van der Waals surface area contributed by atoms with Crippen LogP contribution in [0.3, 0.4) is 0 Å². The Hall–Kier alpha value is -2.22. The number of rotatable bonds is 4. The first-order valence-corrected chi connectivity index (χ1v) is 13.6. The van der Waals surface area contributed by atoms with Crippen molar-refractivity contribution in [3.05, 3.63) is 42.0 Å². The number of aliphatic hydroxyl groups excluding tert-OH is 1. The van der Waals surface area contributed by atoms with Crippen molar-refractivity contribution in [1.82, 2.24) is 0 Å². The minimum Gasteiger partial charge on any atom is -0.458 e. The first kappa shape index (κ1) is 24.1. The summed E-state index contributed by atoms with van der Waals surface area (Å²) < 4.78 is 5.24. The number of anilines is 1. The highest BCUT2D eigenvalue weighted by molar-refractivity contribution is 5.85. The molecule has 36 heavy (non-hydrogen) atoms. The Morgan fingerprint density at radius 1 is 1.03 bits per heavy atom. The lowest BCUT2D eigenvalue weighted by atomic mass is 9.41. The van der Waals surface area contributed by atoms with Gasteiger partial charge in [0, 0.05) is 29.5 Å². The highest BCUT2D eigenvalue weighted by atomic mass is 16.5. The van der Waals surface area contributed by atoms with Gasteiger partial charge in [-0.05, 0) is 86.8 Å². The van der Waals surface area contributed by atoms with Crippen molar-refractivity contribution >= 4 is 17.9 Å². The van der Waals surface area contributed by atoms with Gasteiger partial charge in [-0.15, -0.1) is 0 Å². The van der Waals surface area contributed by atoms with Crippen molar-refractivity contribution in [1.29, 1.82) is 0 Å². The number of nitrogens with zero attached hydrogens (tertiary/aromatic N) is 1. The topological polar surface area (TPSA) is 111 Å². The molecule has 8 atom stereocenters. The molecule has 0 unspecified atom stereocenters. The Morgan fingerprint density at radius 3 is 2.56 bits per heavy atom. The van der Waals surface area contributed by atoms with E-state index in [-0.39, 0.29) is 29.1 Å². The number of cyclic esters (lactones) is 1. The number of hydrazone groups is 1. The smallest absolute Gasteiger partial charge is 0.331 e. The molecule has 0 aromatic heterocycles. The largest absolute Gasteiger partial charge is 0.458 e. The van der Waals surface area contributed by atoms with Gasteiger partial charge in [0.1, 0.15) is 6.61 Å². The molecule has 1 heterocycles. The van der Waals surface area contributed by atoms with Crippen LogP contribution >= 0.6 is 0 Å². The van der Waals surface area contributed by atoms with Crippen LogP contribution in [0.25, 0.3) is 0 Å². The summed E-state index contributed by atoms with van der Waals surface area (Å²) >= 11 is 0. The molecular formula is C29H38N2O5. The molecule has 1 aromatic rings. The lowest BCUT2D eigenvalue weighted by molar-refractivity contribution is -0.237. The summed E-state index contributed by atoms with van der Waals surface area (Å²) in [4.78, 5) is 11.8. The van der Waals surface area contributed by atoms with Crippen LogP contribution in [0, 0.1) is 28.6 Å². The van der Waals surface area contributed by atoms with Crippen LogP contribution in [0.15, 0.2) is 47.1 Å². The van der Waals surface area contributed by atoms with E-state index in [2.05, 4.69) is 17.5 Å². The molecular weight excluding hydrogens is 456 g/mol. The summed E-state index contributed by atoms with van der Waals surface area (Å²) in [7, 11) is 0. The quantitative estimate of drug-likeness (QED) is 0.288. The number of para-hydroxylation sites is 1. The van der Waals surface area contributed by atoms with E-state index in [4.69, 9.17) is 4.74 Å². The van der Waals surface area contributed by atoms with E-state index in [0.717, 1.165) is 36.9 Å². The number of aliphatic hydroxyl groups is 3. The molecule has 7 heteroatoms. The van der Waals surface area contributed by atoms with Crippen molar-refractivity contribution in [2.45, 2.75) is 82.0 Å². The standard InChI is InChI=1S/C29H38N2O5/c1-26-11-8-23-24(29(26,35)14-10-22(26)19-15-25(33)36-17-19)9-13-28(34)16-21(32)7-12-27(23,28)18-30-31-20-5-3-2-4-6-20/h2-6,15,18,21-24,31-32,34-35H,7-14,16-17H2,1H3/t21-,22+,23+,24+,26+,27-,28+,29-/m0/s1. The van der Waals surface area contributed by atoms with Gasteiger partial charge in [-0.3, -0.25) is 5.43 Å². The number of carbonyl (C=O) groups excluding carboxylic acids is 1. The van der Waals surface area contributed by atoms with E-state index in [1.807, 2.05) is 36.5 Å². The number of hydrogen-bond donors (Lipinski definition) is 4. The third-order valence-corrected chi connectivity index (χ3v) is 10.9. The molecule has 6 rings (SSSR count). The summed E-state index contributed by atoms with van der Waals surface area (Å²) in [6.07, 6.45) is 9.15. The monoisotopic (exact) mass is 494 g/mol. The molecule has 4 saturated carbocycles. The zero-order valence-corrected chi connectivity index (χ0v) is 21.0. The second kappa shape index (κ2) is 8.40. The molecule has 4 aliphatic carbocycles. The van der Waals surface area contributed by atoms with E-state index in [0.29, 0.717) is 38.7 Å². The molecule has 4 N–H and O–H groups in total. The molecule has 5 aliphatic rings. The van der Waals surface area contributed by atoms with Gasteiger partial charge in [-0.25, -0.2) is 4.79 Å². The van der Waals surface area contributed by atoms with E-state index in [1.54, 1.807) is 6.08 Å². The first-order valence-electron chi connectivity index (χ1n) is 13.6. The highest BCUT2D eigenvalue weighted by Gasteiger charge is 2.71. The molecule has 0 amide bonds. The average molecular weight is 495 g/mol. The van der Waals surface area contributed by atoms with Gasteiger partial charge in [0.05, 0.1) is 23.0 Å². The van der Waals surface area contributed by atoms with E-state index < -0.39 is 22.7 Å². The first-order chi connectivity index (χ1) is 17.2. The summed E-state index contributed by atoms with van der Waals surface area (Å²) in [6, 6.07) is 9.77. The summed E-state index contributed by atoms with van der Waals surface area (Å²) in [6.45, 7) is 2.54. The predicted octanol–water partition coefficient (Wildman–Crippen LogP) is 3.80. The number of benzene rings is 1. The third-order valence-electron chi connectivity index (χ3n) is 10.9. The Bertz CT molecular complexity index is 1090. The van der Waals surface area contributed by atoms with Crippen LogP contribution in [-0.2, 0) is 9.53 Å². The van der Waals surface area contributed by atoms with E-state index in [9.17, 15) is 20.1 Å². The van der Waals surface area contributed by atoms with Crippen molar-refractivity contribution in [2.24, 2.45) is 33.7 Å². The van der Waals surface area contributed by atoms with Crippen LogP contribution < -0.4 is 5.43 Å². The maximum atomic E-state index is 12.5. The lowest BCUT2D eigenvalue weighted by Gasteiger charge is -2.65. The van der Waals surface area contributed by atoms with Gasteiger partial charge in [-0.1, -0.05) is 25.1 Å². The number of carbonyl (C=O) groups is 1. The zero-order chi connectivity index (χ0) is 25.2. The average Bonchev–Trinajstić information content (AvgIpc) is 3.40. The van der Waals surface area contributed by atoms with Crippen molar-refractivity contribution in [2.75, 3.05) is 12.0 Å². The van der Waals surface area contributed by atoms with Crippen LogP contribution in [0.4, 0.5) is 5.69 Å². The molecule has 0 radical (unpaired) electrons. The molecule has 1 aromatic carbocycles. The lowest BCUT2D eigenvalue weighted by Crippen LogP contribution is -2.68. The SMILES string of the molecule is C[C@]12CC[C@@H]3[C@@H](CC[C@@]4(O)C[C@@H](O)CC[C@]34C=NNc3ccccc3)[C@@]1(O)CC[C@@H]2C1=CC(=O)OC1. The van der Waals surface area contributed by atoms with Crippen LogP contribution in [0.2, 0.25) is 0 Å². The normalized spacial score (nSPS) is 46.0. The molecule has 0 spiro atoms. The Labute approximate surface area is 212 Å². The van der Waals surface area contributed by atoms with E-state index in [1.165, 1.54) is 0 Å². The Kier molecular flexibility index (Phi) is 5.63. The molecule has 0 saturated heterocycles. The van der Waals surface area contributed by atoms with Gasteiger partial charge >= 0.3 is 5.97 Å². The van der Waals surface area contributed by atoms with Gasteiger partial charge in [0.15, 0.2) is 0 Å². The number of nitrogens with one attached hydrogen (secondary N) is 1. The summed E-state index contributed by atoms with van der Waals surface area (Å²) in [5.74, 6) is -0.0496. The number of fused-ring (bicyclic) bond motifs is 5. The van der Waals surface area contributed by atoms with Crippen molar-refractivity contribution in [3.63, 3.8) is 0 Å². The number of esters is 1. The van der Waals surface area contributed by atoms with Crippen LogP contribution in [0.1, 0.15) is 64.7 Å². The maximum absolute atomic E-state index is 12.5. The zero-order valence-electron chi connectivity index (χ0n) is 21.0. The molecule has 7 nitrogen and oxygen atoms in total. The summed E-state index contributed by atoms with van der Waals surface area (Å²) in [5, 5.41) is 39.7. The Balaban J connectivity index is 1.35. The second-order valence-corrected chi connectivity index (χ2v) is 12.3. The predicted molar refractivity (Wildman–Crippen MR) is 136 cm³/mol. The number of hydrogen-bond acceptors (Lipinski definition) is 7. The minimum atomic E-state index is -1.05. The van der Waals surface area contributed by atoms with Crippen molar-refractivity contribution in [3.8, 4) is 0 Å². The molecule has 194 valence electrons. The second-order valence-electron chi connectivity index (χ2n) is 12.3. The van der Waals surface area contributed by atoms with Gasteiger partial charge in [0.25, 0.3) is 0 Å². The van der Waals surface area contributed by atoms with Crippen LogP contribution in [0.5, 0.6) is 0 Å². The van der Waals surface area contributed by atoms with Gasteiger partial charge in [-0.2, -0.15) is 5.10 Å². The molecule has 4 fully saturated rings. The van der Waals surface area contributed by atoms with Gasteiger partial charge < -0.3 is 20.1 Å². The molecule has 1 aliphatic heterocycles. The van der Waals surface area contributed by atoms with Crippen LogP contribution in [-0.4, -0.2) is 51.4 Å². The van der Waals surface area contributed by atoms with Crippen molar-refractivity contribution < 1.29 is 24.9 Å². The highest BCUT2D eigenvalue weighted by Crippen LogP contribution is 2.70. The fourth-order valence-electron chi connectivity index (χ4n) is 9.10. The maximum Gasteiger partial charge on any atom is 0.331 e. The summed E-state index contributed by atoms with van der Waals surface area (Å²) in [5.41, 5.74) is 2.16. The molecule has 0 bridgehead atoms.